The van der Waals surface area contributed by atoms with Crippen LogP contribution in [0, 0.1) is 5.92 Å². The fourth-order valence-corrected chi connectivity index (χ4v) is 5.56. The second-order valence-corrected chi connectivity index (χ2v) is 8.70. The molecule has 0 bridgehead atoms. The van der Waals surface area contributed by atoms with Crippen molar-refractivity contribution in [2.24, 2.45) is 5.92 Å². The lowest BCUT2D eigenvalue weighted by Gasteiger charge is -2.34. The maximum Gasteiger partial charge on any atom is 0.155 e. The molecule has 0 radical (unpaired) electrons. The topological polar surface area (TPSA) is 46.2 Å². The largest absolute Gasteiger partial charge is 0.309 e. The van der Waals surface area contributed by atoms with Gasteiger partial charge in [0.05, 0.1) is 11.0 Å². The highest BCUT2D eigenvalue weighted by Crippen LogP contribution is 2.34. The van der Waals surface area contributed by atoms with Crippen molar-refractivity contribution in [2.75, 3.05) is 12.3 Å². The van der Waals surface area contributed by atoms with E-state index in [4.69, 9.17) is 0 Å². The predicted octanol–water partition coefficient (Wildman–Crippen LogP) is 3.11. The average molecular weight is 309 g/mol. The van der Waals surface area contributed by atoms with Gasteiger partial charge in [-0.3, -0.25) is 0 Å². The van der Waals surface area contributed by atoms with Gasteiger partial charge in [-0.15, -0.1) is 0 Å². The second kappa shape index (κ2) is 6.93. The Labute approximate surface area is 129 Å². The fourth-order valence-electron chi connectivity index (χ4n) is 3.25. The molecular formula is C17H27NO2S. The van der Waals surface area contributed by atoms with Gasteiger partial charge in [-0.05, 0) is 42.9 Å². The van der Waals surface area contributed by atoms with Crippen molar-refractivity contribution >= 4 is 9.84 Å². The van der Waals surface area contributed by atoms with E-state index in [9.17, 15) is 8.42 Å². The third-order valence-corrected chi connectivity index (χ3v) is 6.66. The molecule has 0 aromatic heterocycles. The molecule has 1 aliphatic rings. The number of rotatable bonds is 6. The Kier molecular flexibility index (Phi) is 5.44. The SMILES string of the molecule is CCCNC1c2ccccc2CCC1S(=O)(=O)CC(C)C. The van der Waals surface area contributed by atoms with Gasteiger partial charge in [0.25, 0.3) is 0 Å². The molecule has 118 valence electrons. The van der Waals surface area contributed by atoms with Gasteiger partial charge in [0.2, 0.25) is 0 Å². The zero-order valence-corrected chi connectivity index (χ0v) is 14.1. The molecule has 0 saturated carbocycles. The first-order valence-corrected chi connectivity index (χ1v) is 9.70. The highest BCUT2D eigenvalue weighted by molar-refractivity contribution is 7.92. The molecule has 0 fully saturated rings. The molecule has 1 aliphatic carbocycles. The molecule has 0 heterocycles. The van der Waals surface area contributed by atoms with Gasteiger partial charge < -0.3 is 5.32 Å². The van der Waals surface area contributed by atoms with Crippen LogP contribution in [0.4, 0.5) is 0 Å². The minimum atomic E-state index is -3.07. The number of aryl methyl sites for hydroxylation is 1. The molecule has 3 nitrogen and oxygen atoms in total. The first kappa shape index (κ1) is 16.5. The summed E-state index contributed by atoms with van der Waals surface area (Å²) in [7, 11) is -3.07. The number of hydrogen-bond donors (Lipinski definition) is 1. The molecule has 0 saturated heterocycles. The van der Waals surface area contributed by atoms with Crippen LogP contribution in [0.5, 0.6) is 0 Å². The van der Waals surface area contributed by atoms with Crippen LogP contribution >= 0.6 is 0 Å². The maximum atomic E-state index is 12.7. The molecule has 2 unspecified atom stereocenters. The highest BCUT2D eigenvalue weighted by atomic mass is 32.2. The summed E-state index contributed by atoms with van der Waals surface area (Å²) in [6.07, 6.45) is 2.60. The number of fused-ring (bicyclic) bond motifs is 1. The van der Waals surface area contributed by atoms with E-state index in [-0.39, 0.29) is 23.0 Å². The van der Waals surface area contributed by atoms with Gasteiger partial charge in [0, 0.05) is 6.04 Å². The van der Waals surface area contributed by atoms with E-state index in [1.54, 1.807) is 0 Å². The summed E-state index contributed by atoms with van der Waals surface area (Å²) >= 11 is 0. The van der Waals surface area contributed by atoms with E-state index < -0.39 is 9.84 Å². The van der Waals surface area contributed by atoms with Crippen molar-refractivity contribution in [3.05, 3.63) is 35.4 Å². The smallest absolute Gasteiger partial charge is 0.155 e. The minimum Gasteiger partial charge on any atom is -0.309 e. The molecule has 0 aliphatic heterocycles. The molecule has 1 N–H and O–H groups in total. The maximum absolute atomic E-state index is 12.7. The van der Waals surface area contributed by atoms with Gasteiger partial charge in [-0.1, -0.05) is 45.0 Å². The Hall–Kier alpha value is -0.870. The summed E-state index contributed by atoms with van der Waals surface area (Å²) in [5, 5.41) is 3.19. The van der Waals surface area contributed by atoms with Crippen molar-refractivity contribution < 1.29 is 8.42 Å². The van der Waals surface area contributed by atoms with Gasteiger partial charge in [0.15, 0.2) is 9.84 Å². The molecule has 1 aromatic carbocycles. The van der Waals surface area contributed by atoms with Crippen molar-refractivity contribution in [3.8, 4) is 0 Å². The molecule has 0 amide bonds. The highest BCUT2D eigenvalue weighted by Gasteiger charge is 2.37. The van der Waals surface area contributed by atoms with E-state index in [1.165, 1.54) is 11.1 Å². The Balaban J connectivity index is 2.33. The number of hydrogen-bond acceptors (Lipinski definition) is 3. The molecular weight excluding hydrogens is 282 g/mol. The Bertz CT molecular complexity index is 566. The third kappa shape index (κ3) is 3.86. The average Bonchev–Trinajstić information content (AvgIpc) is 2.43. The molecule has 2 rings (SSSR count). The number of nitrogens with one attached hydrogen (secondary N) is 1. The molecule has 4 heteroatoms. The van der Waals surface area contributed by atoms with E-state index in [1.807, 2.05) is 26.0 Å². The molecule has 0 spiro atoms. The summed E-state index contributed by atoms with van der Waals surface area (Å²) in [6.45, 7) is 6.91. The van der Waals surface area contributed by atoms with Gasteiger partial charge in [-0.25, -0.2) is 8.42 Å². The Morgan fingerprint density at radius 2 is 2.00 bits per heavy atom. The predicted molar refractivity (Wildman–Crippen MR) is 88.2 cm³/mol. The molecule has 2 atom stereocenters. The standard InChI is InChI=1S/C17H27NO2S/c1-4-11-18-17-15-8-6-5-7-14(15)9-10-16(17)21(19,20)12-13(2)3/h5-8,13,16-18H,4,9-12H2,1-3H3. The van der Waals surface area contributed by atoms with Crippen molar-refractivity contribution in [3.63, 3.8) is 0 Å². The summed E-state index contributed by atoms with van der Waals surface area (Å²) in [6, 6.07) is 8.20. The molecule has 21 heavy (non-hydrogen) atoms. The zero-order chi connectivity index (χ0) is 15.5. The van der Waals surface area contributed by atoms with Crippen LogP contribution in [-0.4, -0.2) is 26.0 Å². The van der Waals surface area contributed by atoms with Gasteiger partial charge >= 0.3 is 0 Å². The summed E-state index contributed by atoms with van der Waals surface area (Å²) in [5.41, 5.74) is 2.47. The van der Waals surface area contributed by atoms with E-state index in [0.29, 0.717) is 0 Å². The fraction of sp³-hybridized carbons (Fsp3) is 0.647. The van der Waals surface area contributed by atoms with Crippen molar-refractivity contribution in [2.45, 2.75) is 51.3 Å². The van der Waals surface area contributed by atoms with Crippen LogP contribution in [0.1, 0.15) is 50.8 Å². The lowest BCUT2D eigenvalue weighted by Crippen LogP contribution is -2.42. The zero-order valence-electron chi connectivity index (χ0n) is 13.3. The van der Waals surface area contributed by atoms with Crippen LogP contribution in [0.3, 0.4) is 0 Å². The quantitative estimate of drug-likeness (QED) is 0.878. The Morgan fingerprint density at radius 3 is 2.67 bits per heavy atom. The van der Waals surface area contributed by atoms with Crippen LogP contribution in [0.2, 0.25) is 0 Å². The summed E-state index contributed by atoms with van der Waals surface area (Å²) in [5.74, 6) is 0.462. The van der Waals surface area contributed by atoms with Gasteiger partial charge in [0.1, 0.15) is 0 Å². The van der Waals surface area contributed by atoms with E-state index in [0.717, 1.165) is 25.8 Å². The third-order valence-electron chi connectivity index (χ3n) is 4.10. The van der Waals surface area contributed by atoms with E-state index in [2.05, 4.69) is 24.4 Å². The van der Waals surface area contributed by atoms with E-state index >= 15 is 0 Å². The Morgan fingerprint density at radius 1 is 1.29 bits per heavy atom. The lowest BCUT2D eigenvalue weighted by atomic mass is 9.87. The normalized spacial score (nSPS) is 22.3. The second-order valence-electron chi connectivity index (χ2n) is 6.43. The monoisotopic (exact) mass is 309 g/mol. The van der Waals surface area contributed by atoms with Crippen LogP contribution in [0.15, 0.2) is 24.3 Å². The van der Waals surface area contributed by atoms with Crippen LogP contribution < -0.4 is 5.32 Å². The first-order chi connectivity index (χ1) is 9.95. The number of benzene rings is 1. The number of sulfone groups is 1. The molecule has 1 aromatic rings. The summed E-state index contributed by atoms with van der Waals surface area (Å²) < 4.78 is 25.5. The summed E-state index contributed by atoms with van der Waals surface area (Å²) in [4.78, 5) is 0. The minimum absolute atomic E-state index is 0.0568. The lowest BCUT2D eigenvalue weighted by molar-refractivity contribution is 0.446. The van der Waals surface area contributed by atoms with Crippen molar-refractivity contribution in [1.82, 2.24) is 5.32 Å². The van der Waals surface area contributed by atoms with Crippen LogP contribution in [0.25, 0.3) is 0 Å². The van der Waals surface area contributed by atoms with Crippen LogP contribution in [-0.2, 0) is 16.3 Å². The van der Waals surface area contributed by atoms with Gasteiger partial charge in [-0.2, -0.15) is 0 Å². The first-order valence-electron chi connectivity index (χ1n) is 7.98. The van der Waals surface area contributed by atoms with Crippen molar-refractivity contribution in [1.29, 1.82) is 0 Å².